The number of benzene rings is 1. The number of carbonyl (C=O) groups is 1. The third kappa shape index (κ3) is 4.50. The van der Waals surface area contributed by atoms with Gasteiger partial charge in [0.1, 0.15) is 18.1 Å². The molecule has 0 fully saturated rings. The monoisotopic (exact) mass is 396 g/mol. The smallest absolute Gasteiger partial charge is 0.276 e. The van der Waals surface area contributed by atoms with Gasteiger partial charge in [-0.3, -0.25) is 9.48 Å². The third-order valence-corrected chi connectivity index (χ3v) is 5.02. The summed E-state index contributed by atoms with van der Waals surface area (Å²) in [5.41, 5.74) is 5.27. The molecule has 0 aliphatic carbocycles. The maximum atomic E-state index is 13.0. The van der Waals surface area contributed by atoms with Crippen molar-refractivity contribution in [2.75, 3.05) is 7.05 Å². The summed E-state index contributed by atoms with van der Waals surface area (Å²) in [6.07, 6.45) is 1.81. The summed E-state index contributed by atoms with van der Waals surface area (Å²) in [7, 11) is 1.75. The Balaban J connectivity index is 1.75. The molecule has 29 heavy (non-hydrogen) atoms. The van der Waals surface area contributed by atoms with E-state index in [1.165, 1.54) is 0 Å². The molecule has 7 heteroatoms. The quantitative estimate of drug-likeness (QED) is 0.604. The van der Waals surface area contributed by atoms with Crippen molar-refractivity contribution < 1.29 is 14.1 Å². The standard InChI is InChI=1S/C22H28N4O3/c1-7-26-16(4)18(11-23-26)12-25(6)22(27)21-20(17(5)29-24-21)13-28-19-9-14(2)8-15(3)10-19/h8-11H,7,12-13H2,1-6H3. The zero-order valence-corrected chi connectivity index (χ0v) is 17.9. The van der Waals surface area contributed by atoms with Gasteiger partial charge >= 0.3 is 0 Å². The van der Waals surface area contributed by atoms with Crippen LogP contribution in [-0.4, -0.2) is 32.8 Å². The van der Waals surface area contributed by atoms with Gasteiger partial charge < -0.3 is 14.2 Å². The highest BCUT2D eigenvalue weighted by Gasteiger charge is 2.24. The maximum absolute atomic E-state index is 13.0. The highest BCUT2D eigenvalue weighted by atomic mass is 16.5. The Morgan fingerprint density at radius 3 is 2.48 bits per heavy atom. The Bertz CT molecular complexity index is 999. The van der Waals surface area contributed by atoms with Crippen LogP contribution in [0.3, 0.4) is 0 Å². The molecule has 154 valence electrons. The molecular formula is C22H28N4O3. The van der Waals surface area contributed by atoms with Crippen LogP contribution in [0.15, 0.2) is 28.9 Å². The van der Waals surface area contributed by atoms with Crippen LogP contribution in [0, 0.1) is 27.7 Å². The predicted octanol–water partition coefficient (Wildman–Crippen LogP) is 3.98. The summed E-state index contributed by atoms with van der Waals surface area (Å²) in [6.45, 7) is 11.4. The molecule has 3 rings (SSSR count). The van der Waals surface area contributed by atoms with E-state index >= 15 is 0 Å². The van der Waals surface area contributed by atoms with Gasteiger partial charge in [0.05, 0.1) is 11.8 Å². The molecule has 2 heterocycles. The van der Waals surface area contributed by atoms with Gasteiger partial charge in [0.15, 0.2) is 5.69 Å². The fraction of sp³-hybridized carbons (Fsp3) is 0.409. The number of aromatic nitrogens is 3. The lowest BCUT2D eigenvalue weighted by atomic mass is 10.1. The van der Waals surface area contributed by atoms with Crippen LogP contribution in [0.5, 0.6) is 5.75 Å². The van der Waals surface area contributed by atoms with Crippen LogP contribution in [-0.2, 0) is 19.7 Å². The summed E-state index contributed by atoms with van der Waals surface area (Å²) in [5.74, 6) is 1.14. The second-order valence-corrected chi connectivity index (χ2v) is 7.41. The average Bonchev–Trinajstić information content (AvgIpc) is 3.21. The minimum atomic E-state index is -0.204. The molecule has 0 saturated heterocycles. The molecular weight excluding hydrogens is 368 g/mol. The Morgan fingerprint density at radius 1 is 1.17 bits per heavy atom. The molecule has 3 aromatic rings. The fourth-order valence-electron chi connectivity index (χ4n) is 3.37. The summed E-state index contributed by atoms with van der Waals surface area (Å²) in [6, 6.07) is 6.03. The first kappa shape index (κ1) is 20.6. The fourth-order valence-corrected chi connectivity index (χ4v) is 3.37. The Morgan fingerprint density at radius 2 is 1.86 bits per heavy atom. The third-order valence-electron chi connectivity index (χ3n) is 5.02. The van der Waals surface area contributed by atoms with E-state index < -0.39 is 0 Å². The SMILES string of the molecule is CCn1ncc(CN(C)C(=O)c2noc(C)c2COc2cc(C)cc(C)c2)c1C. The molecule has 1 amide bonds. The first-order valence-electron chi connectivity index (χ1n) is 9.73. The number of carbonyl (C=O) groups excluding carboxylic acids is 1. The van der Waals surface area contributed by atoms with E-state index in [2.05, 4.69) is 16.3 Å². The molecule has 0 radical (unpaired) electrons. The minimum absolute atomic E-state index is 0.204. The van der Waals surface area contributed by atoms with Crippen molar-refractivity contribution in [3.63, 3.8) is 0 Å². The lowest BCUT2D eigenvalue weighted by molar-refractivity contribution is 0.0772. The van der Waals surface area contributed by atoms with Gasteiger partial charge in [-0.05, 0) is 57.9 Å². The highest BCUT2D eigenvalue weighted by Crippen LogP contribution is 2.22. The summed E-state index contributed by atoms with van der Waals surface area (Å²) in [4.78, 5) is 14.6. The first-order chi connectivity index (χ1) is 13.8. The Labute approximate surface area is 171 Å². The maximum Gasteiger partial charge on any atom is 0.276 e. The molecule has 0 bridgehead atoms. The second kappa shape index (κ2) is 8.51. The molecule has 0 saturated carbocycles. The van der Waals surface area contributed by atoms with Crippen molar-refractivity contribution >= 4 is 5.91 Å². The number of hydrogen-bond donors (Lipinski definition) is 0. The largest absolute Gasteiger partial charge is 0.489 e. The lowest BCUT2D eigenvalue weighted by Crippen LogP contribution is -2.27. The average molecular weight is 396 g/mol. The lowest BCUT2D eigenvalue weighted by Gasteiger charge is -2.16. The highest BCUT2D eigenvalue weighted by molar-refractivity contribution is 5.93. The Kier molecular flexibility index (Phi) is 6.06. The van der Waals surface area contributed by atoms with Crippen molar-refractivity contribution in [2.24, 2.45) is 0 Å². The van der Waals surface area contributed by atoms with Crippen molar-refractivity contribution in [2.45, 2.75) is 54.3 Å². The van der Waals surface area contributed by atoms with Gasteiger partial charge in [-0.25, -0.2) is 0 Å². The molecule has 1 aromatic carbocycles. The minimum Gasteiger partial charge on any atom is -0.489 e. The summed E-state index contributed by atoms with van der Waals surface area (Å²) < 4.78 is 13.2. The van der Waals surface area contributed by atoms with Crippen LogP contribution in [0.2, 0.25) is 0 Å². The van der Waals surface area contributed by atoms with Crippen LogP contribution in [0.1, 0.15) is 51.1 Å². The Hall–Kier alpha value is -3.09. The van der Waals surface area contributed by atoms with Gasteiger partial charge in [0, 0.05) is 31.4 Å². The molecule has 0 spiro atoms. The van der Waals surface area contributed by atoms with Gasteiger partial charge in [0.2, 0.25) is 0 Å². The number of ether oxygens (including phenoxy) is 1. The topological polar surface area (TPSA) is 73.4 Å². The van der Waals surface area contributed by atoms with Crippen molar-refractivity contribution in [1.29, 1.82) is 0 Å². The van der Waals surface area contributed by atoms with Crippen LogP contribution in [0.4, 0.5) is 0 Å². The van der Waals surface area contributed by atoms with Crippen LogP contribution < -0.4 is 4.74 Å². The molecule has 0 unspecified atom stereocenters. The number of rotatable bonds is 7. The normalized spacial score (nSPS) is 11.0. The van der Waals surface area contributed by atoms with E-state index in [9.17, 15) is 4.79 Å². The predicted molar refractivity (Wildman–Crippen MR) is 110 cm³/mol. The van der Waals surface area contributed by atoms with Crippen molar-refractivity contribution in [1.82, 2.24) is 19.8 Å². The second-order valence-electron chi connectivity index (χ2n) is 7.41. The van der Waals surface area contributed by atoms with E-state index in [-0.39, 0.29) is 18.2 Å². The van der Waals surface area contributed by atoms with Crippen molar-refractivity contribution in [3.8, 4) is 5.75 Å². The zero-order valence-electron chi connectivity index (χ0n) is 17.9. The molecule has 0 atom stereocenters. The van der Waals surface area contributed by atoms with Crippen LogP contribution >= 0.6 is 0 Å². The van der Waals surface area contributed by atoms with E-state index in [1.54, 1.807) is 25.1 Å². The van der Waals surface area contributed by atoms with E-state index in [1.807, 2.05) is 44.5 Å². The summed E-state index contributed by atoms with van der Waals surface area (Å²) in [5, 5.41) is 8.35. The number of hydrogen-bond acceptors (Lipinski definition) is 5. The summed E-state index contributed by atoms with van der Waals surface area (Å²) >= 11 is 0. The number of aryl methyl sites for hydroxylation is 4. The van der Waals surface area contributed by atoms with E-state index in [0.717, 1.165) is 34.7 Å². The first-order valence-corrected chi connectivity index (χ1v) is 9.73. The van der Waals surface area contributed by atoms with E-state index in [4.69, 9.17) is 9.26 Å². The molecule has 7 nitrogen and oxygen atoms in total. The van der Waals surface area contributed by atoms with Gasteiger partial charge in [-0.1, -0.05) is 11.2 Å². The van der Waals surface area contributed by atoms with Crippen molar-refractivity contribution in [3.05, 3.63) is 63.8 Å². The molecule has 0 aliphatic heterocycles. The van der Waals surface area contributed by atoms with Crippen LogP contribution in [0.25, 0.3) is 0 Å². The number of nitrogens with zero attached hydrogens (tertiary/aromatic N) is 4. The number of amides is 1. The van der Waals surface area contributed by atoms with Gasteiger partial charge in [-0.2, -0.15) is 5.10 Å². The molecule has 0 N–H and O–H groups in total. The molecule has 0 aliphatic rings. The van der Waals surface area contributed by atoms with Gasteiger partial charge in [-0.15, -0.1) is 0 Å². The van der Waals surface area contributed by atoms with E-state index in [0.29, 0.717) is 17.9 Å². The zero-order chi connectivity index (χ0) is 21.1. The van der Waals surface area contributed by atoms with Gasteiger partial charge in [0.25, 0.3) is 5.91 Å². The molecule has 2 aromatic heterocycles.